The number of anilines is 2. The third-order valence-corrected chi connectivity index (χ3v) is 10.8. The molecule has 2 heterocycles. The molecule has 0 spiro atoms. The molecule has 3 N–H and O–H groups in total. The topological polar surface area (TPSA) is 116 Å². The highest BCUT2D eigenvalue weighted by Crippen LogP contribution is 2.30. The highest BCUT2D eigenvalue weighted by Gasteiger charge is 2.24. The number of hydrogen-bond donors (Lipinski definition) is 3. The zero-order valence-corrected chi connectivity index (χ0v) is 26.0. The van der Waals surface area contributed by atoms with Crippen LogP contribution in [0.2, 0.25) is 5.02 Å². The lowest BCUT2D eigenvalue weighted by Crippen LogP contribution is -2.32. The Labute approximate surface area is 255 Å². The Kier molecular flexibility index (Phi) is 9.62. The second-order valence-electron chi connectivity index (χ2n) is 10.8. The maximum Gasteiger partial charge on any atom is 0.251 e. The molecule has 1 aliphatic carbocycles. The van der Waals surface area contributed by atoms with Crippen LogP contribution >= 0.6 is 22.9 Å². The van der Waals surface area contributed by atoms with Crippen LogP contribution in [0, 0.1) is 11.8 Å². The highest BCUT2D eigenvalue weighted by molar-refractivity contribution is 7.91. The van der Waals surface area contributed by atoms with Crippen LogP contribution in [0.15, 0.2) is 64.9 Å². The van der Waals surface area contributed by atoms with Crippen LogP contribution in [0.4, 0.5) is 11.8 Å². The fraction of sp³-hybridized carbons (Fsp3) is 0.367. The van der Waals surface area contributed by atoms with Crippen LogP contribution in [0.1, 0.15) is 40.9 Å². The van der Waals surface area contributed by atoms with Gasteiger partial charge in [-0.2, -0.15) is 4.98 Å². The van der Waals surface area contributed by atoms with Crippen LogP contribution in [0.25, 0.3) is 10.9 Å². The van der Waals surface area contributed by atoms with E-state index in [1.54, 1.807) is 36.4 Å². The predicted octanol–water partition coefficient (Wildman–Crippen LogP) is 5.54. The molecule has 0 atom stereocenters. The SMILES string of the molecule is CN(C)c1nc(NC[C@H]2CC[C@H](CNS(=O)(=O)c3ccc(CNC(=O)c4ccc(Cl)cc4)s3)CC2)nc2ccccc12. The number of hydrogen-bond acceptors (Lipinski definition) is 8. The molecule has 0 aliphatic heterocycles. The van der Waals surface area contributed by atoms with Crippen molar-refractivity contribution in [2.45, 2.75) is 36.4 Å². The fourth-order valence-corrected chi connectivity index (χ4v) is 7.70. The number of nitrogens with zero attached hydrogens (tertiary/aromatic N) is 3. The Morgan fingerprint density at radius 3 is 2.36 bits per heavy atom. The Morgan fingerprint density at radius 2 is 1.64 bits per heavy atom. The lowest BCUT2D eigenvalue weighted by Gasteiger charge is -2.28. The molecule has 9 nitrogen and oxygen atoms in total. The molecule has 2 aromatic carbocycles. The van der Waals surface area contributed by atoms with Gasteiger partial charge in [-0.15, -0.1) is 11.3 Å². The summed E-state index contributed by atoms with van der Waals surface area (Å²) < 4.78 is 28.9. The minimum absolute atomic E-state index is 0.239. The van der Waals surface area contributed by atoms with Gasteiger partial charge in [-0.05, 0) is 86.1 Å². The maximum atomic E-state index is 12.9. The quantitative estimate of drug-likeness (QED) is 0.200. The van der Waals surface area contributed by atoms with Gasteiger partial charge in [0.15, 0.2) is 0 Å². The van der Waals surface area contributed by atoms with Crippen LogP contribution in [-0.4, -0.2) is 51.5 Å². The van der Waals surface area contributed by atoms with E-state index in [2.05, 4.69) is 15.4 Å². The Morgan fingerprint density at radius 1 is 0.952 bits per heavy atom. The number of carbonyl (C=O) groups is 1. The standard InChI is InChI=1S/C30H35ClN6O3S2/c1-37(2)28-25-5-3-4-6-26(25)35-30(36-28)33-17-20-7-9-21(10-8-20)18-34-42(39,40)27-16-15-24(41-27)19-32-29(38)22-11-13-23(31)14-12-22/h3-6,11-16,20-21,34H,7-10,17-19H2,1-2H3,(H,32,38)(H,33,35,36)/t20-,21-. The van der Waals surface area contributed by atoms with Crippen molar-refractivity contribution in [3.05, 3.63) is 76.1 Å². The van der Waals surface area contributed by atoms with Gasteiger partial charge in [-0.3, -0.25) is 4.79 Å². The van der Waals surface area contributed by atoms with Gasteiger partial charge in [-0.1, -0.05) is 23.7 Å². The number of aromatic nitrogens is 2. The monoisotopic (exact) mass is 626 g/mol. The van der Waals surface area contributed by atoms with Crippen molar-refractivity contribution in [1.82, 2.24) is 20.0 Å². The summed E-state index contributed by atoms with van der Waals surface area (Å²) in [6.07, 6.45) is 3.96. The van der Waals surface area contributed by atoms with Crippen LogP contribution < -0.4 is 20.3 Å². The maximum absolute atomic E-state index is 12.9. The van der Waals surface area contributed by atoms with Gasteiger partial charge in [0.25, 0.3) is 5.91 Å². The molecule has 1 aliphatic rings. The van der Waals surface area contributed by atoms with Gasteiger partial charge in [0, 0.05) is 48.0 Å². The molecule has 222 valence electrons. The van der Waals surface area contributed by atoms with Gasteiger partial charge >= 0.3 is 0 Å². The zero-order valence-electron chi connectivity index (χ0n) is 23.6. The third-order valence-electron chi connectivity index (χ3n) is 7.52. The van der Waals surface area contributed by atoms with Crippen molar-refractivity contribution in [2.24, 2.45) is 11.8 Å². The number of benzene rings is 2. The van der Waals surface area contributed by atoms with Crippen molar-refractivity contribution in [3.63, 3.8) is 0 Å². The smallest absolute Gasteiger partial charge is 0.251 e. The van der Waals surface area contributed by atoms with Gasteiger partial charge in [0.1, 0.15) is 10.0 Å². The first-order valence-corrected chi connectivity index (χ1v) is 16.7. The number of carbonyl (C=O) groups excluding carboxylic acids is 1. The summed E-state index contributed by atoms with van der Waals surface area (Å²) in [6.45, 7) is 1.46. The highest BCUT2D eigenvalue weighted by atomic mass is 35.5. The minimum atomic E-state index is -3.61. The summed E-state index contributed by atoms with van der Waals surface area (Å²) in [5.41, 5.74) is 1.41. The Balaban J connectivity index is 1.07. The Hall–Kier alpha value is -3.25. The van der Waals surface area contributed by atoms with E-state index in [0.29, 0.717) is 34.9 Å². The van der Waals surface area contributed by atoms with E-state index < -0.39 is 10.0 Å². The van der Waals surface area contributed by atoms with E-state index in [-0.39, 0.29) is 16.7 Å². The number of halogens is 1. The van der Waals surface area contributed by atoms with Crippen LogP contribution in [0.5, 0.6) is 0 Å². The normalized spacial score (nSPS) is 17.2. The second kappa shape index (κ2) is 13.4. The zero-order chi connectivity index (χ0) is 29.7. The number of amides is 1. The molecule has 0 unspecified atom stereocenters. The lowest BCUT2D eigenvalue weighted by atomic mass is 9.82. The summed E-state index contributed by atoms with van der Waals surface area (Å²) in [4.78, 5) is 24.5. The summed E-state index contributed by atoms with van der Waals surface area (Å²) in [6, 6.07) is 17.9. The summed E-state index contributed by atoms with van der Waals surface area (Å²) in [7, 11) is 0.348. The average molecular weight is 627 g/mol. The first-order valence-electron chi connectivity index (χ1n) is 14.0. The largest absolute Gasteiger partial charge is 0.362 e. The van der Waals surface area contributed by atoms with Gasteiger partial charge < -0.3 is 15.5 Å². The van der Waals surface area contributed by atoms with E-state index >= 15 is 0 Å². The van der Waals surface area contributed by atoms with Crippen LogP contribution in [-0.2, 0) is 16.6 Å². The van der Waals surface area contributed by atoms with E-state index in [0.717, 1.165) is 65.2 Å². The van der Waals surface area contributed by atoms with E-state index in [9.17, 15) is 13.2 Å². The van der Waals surface area contributed by atoms with Gasteiger partial charge in [-0.25, -0.2) is 18.1 Å². The van der Waals surface area contributed by atoms with Crippen molar-refractivity contribution < 1.29 is 13.2 Å². The van der Waals surface area contributed by atoms with Crippen LogP contribution in [0.3, 0.4) is 0 Å². The number of nitrogens with one attached hydrogen (secondary N) is 3. The third kappa shape index (κ3) is 7.57. The summed E-state index contributed by atoms with van der Waals surface area (Å²) >= 11 is 7.04. The molecular formula is C30H35ClN6O3S2. The molecule has 0 bridgehead atoms. The molecule has 12 heteroatoms. The van der Waals surface area contributed by atoms with E-state index in [1.807, 2.05) is 43.3 Å². The molecule has 1 saturated carbocycles. The summed E-state index contributed by atoms with van der Waals surface area (Å²) in [5.74, 6) is 2.06. The molecule has 1 amide bonds. The molecule has 0 radical (unpaired) electrons. The lowest BCUT2D eigenvalue weighted by molar-refractivity contribution is 0.0951. The fourth-order valence-electron chi connectivity index (χ4n) is 5.12. The minimum Gasteiger partial charge on any atom is -0.362 e. The molecule has 42 heavy (non-hydrogen) atoms. The number of fused-ring (bicyclic) bond motifs is 1. The van der Waals surface area contributed by atoms with Gasteiger partial charge in [0.05, 0.1) is 12.1 Å². The molecule has 4 aromatic rings. The average Bonchev–Trinajstić information content (AvgIpc) is 3.48. The number of sulfonamides is 1. The second-order valence-corrected chi connectivity index (χ2v) is 14.4. The van der Waals surface area contributed by atoms with Crippen molar-refractivity contribution in [3.8, 4) is 0 Å². The van der Waals surface area contributed by atoms with Crippen molar-refractivity contribution in [1.29, 1.82) is 0 Å². The Bertz CT molecular complexity index is 1630. The van der Waals surface area contributed by atoms with Crippen molar-refractivity contribution >= 4 is 61.5 Å². The number of thiophene rings is 1. The molecule has 2 aromatic heterocycles. The first-order chi connectivity index (χ1) is 20.2. The number of rotatable bonds is 11. The van der Waals surface area contributed by atoms with Crippen molar-refractivity contribution in [2.75, 3.05) is 37.4 Å². The van der Waals surface area contributed by atoms with E-state index in [4.69, 9.17) is 21.6 Å². The number of para-hydroxylation sites is 1. The summed E-state index contributed by atoms with van der Waals surface area (Å²) in [5, 5.41) is 7.84. The molecular weight excluding hydrogens is 592 g/mol. The molecule has 0 saturated heterocycles. The van der Waals surface area contributed by atoms with Gasteiger partial charge in [0.2, 0.25) is 16.0 Å². The first kappa shape index (κ1) is 30.2. The molecule has 1 fully saturated rings. The predicted molar refractivity (Wildman–Crippen MR) is 170 cm³/mol. The molecule has 5 rings (SSSR count). The van der Waals surface area contributed by atoms with E-state index in [1.165, 1.54) is 0 Å².